The predicted molar refractivity (Wildman–Crippen MR) is 96.8 cm³/mol. The molecule has 0 amide bonds. The van der Waals surface area contributed by atoms with Crippen LogP contribution in [0, 0.1) is 6.92 Å². The molecule has 0 saturated heterocycles. The molecule has 0 bridgehead atoms. The first-order valence-electron chi connectivity index (χ1n) is 8.34. The van der Waals surface area contributed by atoms with Crippen molar-refractivity contribution in [2.45, 2.75) is 33.1 Å². The number of unbranched alkanes of at least 4 members (excludes halogenated alkanes) is 1. The van der Waals surface area contributed by atoms with Crippen LogP contribution in [-0.4, -0.2) is 11.9 Å². The highest BCUT2D eigenvalue weighted by Gasteiger charge is 2.23. The molecular weight excluding hydrogens is 298 g/mol. The average molecular weight is 319 g/mol. The molecule has 0 aromatic heterocycles. The van der Waals surface area contributed by atoms with Crippen LogP contribution in [0.5, 0.6) is 0 Å². The molecule has 3 heteroatoms. The maximum Gasteiger partial charge on any atom is 0.363 e. The minimum absolute atomic E-state index is 0.337. The number of cyclic esters (lactones) is 1. The summed E-state index contributed by atoms with van der Waals surface area (Å²) < 4.78 is 5.32. The summed E-state index contributed by atoms with van der Waals surface area (Å²) in [5.41, 5.74) is 4.58. The van der Waals surface area contributed by atoms with Gasteiger partial charge in [-0.2, -0.15) is 0 Å². The lowest BCUT2D eigenvalue weighted by atomic mass is 10.1. The molecule has 24 heavy (non-hydrogen) atoms. The SMILES string of the molecule is CCCCc1ccc(C2=N/C(=C\c3ccc(C)cc3)C(=O)O2)cc1. The molecular formula is C21H21NO2. The maximum atomic E-state index is 12.0. The number of hydrogen-bond donors (Lipinski definition) is 0. The van der Waals surface area contributed by atoms with Crippen LogP contribution in [0.2, 0.25) is 0 Å². The monoisotopic (exact) mass is 319 g/mol. The van der Waals surface area contributed by atoms with Crippen molar-refractivity contribution in [2.75, 3.05) is 0 Å². The summed E-state index contributed by atoms with van der Waals surface area (Å²) in [5.74, 6) is -0.0268. The summed E-state index contributed by atoms with van der Waals surface area (Å²) in [4.78, 5) is 16.4. The molecule has 2 aromatic carbocycles. The van der Waals surface area contributed by atoms with Crippen LogP contribution in [0.1, 0.15) is 42.0 Å². The van der Waals surface area contributed by atoms with Gasteiger partial charge in [0.25, 0.3) is 0 Å². The summed E-state index contributed by atoms with van der Waals surface area (Å²) in [6.07, 6.45) is 5.18. The Labute approximate surface area is 142 Å². The Morgan fingerprint density at radius 1 is 1.04 bits per heavy atom. The van der Waals surface area contributed by atoms with E-state index in [-0.39, 0.29) is 0 Å². The lowest BCUT2D eigenvalue weighted by Gasteiger charge is -2.02. The molecule has 0 aliphatic carbocycles. The molecule has 3 rings (SSSR count). The number of benzene rings is 2. The van der Waals surface area contributed by atoms with Crippen molar-refractivity contribution in [1.82, 2.24) is 0 Å². The van der Waals surface area contributed by atoms with Crippen LogP contribution < -0.4 is 0 Å². The van der Waals surface area contributed by atoms with Crippen LogP contribution in [0.25, 0.3) is 6.08 Å². The smallest absolute Gasteiger partial charge is 0.363 e. The topological polar surface area (TPSA) is 38.7 Å². The highest BCUT2D eigenvalue weighted by molar-refractivity contribution is 6.12. The second kappa shape index (κ2) is 7.26. The second-order valence-electron chi connectivity index (χ2n) is 6.05. The van der Waals surface area contributed by atoms with Crippen LogP contribution in [-0.2, 0) is 16.0 Å². The fraction of sp³-hybridized carbons (Fsp3) is 0.238. The van der Waals surface area contributed by atoms with E-state index in [1.54, 1.807) is 6.08 Å². The number of aliphatic imine (C=N–C) groups is 1. The van der Waals surface area contributed by atoms with E-state index >= 15 is 0 Å². The lowest BCUT2D eigenvalue weighted by Crippen LogP contribution is -2.05. The molecule has 3 nitrogen and oxygen atoms in total. The molecule has 0 radical (unpaired) electrons. The third kappa shape index (κ3) is 3.80. The Bertz CT molecular complexity index is 784. The zero-order valence-corrected chi connectivity index (χ0v) is 14.1. The van der Waals surface area contributed by atoms with E-state index in [0.29, 0.717) is 11.6 Å². The normalized spacial score (nSPS) is 15.5. The highest BCUT2D eigenvalue weighted by atomic mass is 16.6. The lowest BCUT2D eigenvalue weighted by molar-refractivity contribution is -0.129. The van der Waals surface area contributed by atoms with Crippen molar-refractivity contribution in [1.29, 1.82) is 0 Å². The number of aryl methyl sites for hydroxylation is 2. The summed E-state index contributed by atoms with van der Waals surface area (Å²) in [6, 6.07) is 16.0. The molecule has 0 fully saturated rings. The van der Waals surface area contributed by atoms with E-state index in [2.05, 4.69) is 24.0 Å². The molecule has 0 unspecified atom stereocenters. The van der Waals surface area contributed by atoms with Gasteiger partial charge in [-0.1, -0.05) is 55.3 Å². The first kappa shape index (κ1) is 16.2. The van der Waals surface area contributed by atoms with Gasteiger partial charge in [0.2, 0.25) is 5.90 Å². The van der Waals surface area contributed by atoms with E-state index in [1.165, 1.54) is 24.0 Å². The zero-order chi connectivity index (χ0) is 16.9. The average Bonchev–Trinajstić information content (AvgIpc) is 2.96. The van der Waals surface area contributed by atoms with Crippen molar-refractivity contribution in [3.8, 4) is 0 Å². The van der Waals surface area contributed by atoms with Crippen molar-refractivity contribution >= 4 is 17.9 Å². The van der Waals surface area contributed by atoms with E-state index < -0.39 is 5.97 Å². The fourth-order valence-electron chi connectivity index (χ4n) is 2.55. The van der Waals surface area contributed by atoms with E-state index in [4.69, 9.17) is 4.74 Å². The molecule has 0 N–H and O–H groups in total. The fourth-order valence-corrected chi connectivity index (χ4v) is 2.55. The Morgan fingerprint density at radius 3 is 2.42 bits per heavy atom. The molecule has 1 heterocycles. The van der Waals surface area contributed by atoms with Gasteiger partial charge in [0.05, 0.1) is 0 Å². The Kier molecular flexibility index (Phi) is 4.90. The number of rotatable bonds is 5. The van der Waals surface area contributed by atoms with Crippen LogP contribution >= 0.6 is 0 Å². The molecule has 2 aromatic rings. The van der Waals surface area contributed by atoms with Crippen molar-refractivity contribution in [3.05, 3.63) is 76.5 Å². The van der Waals surface area contributed by atoms with Crippen LogP contribution in [0.3, 0.4) is 0 Å². The number of hydrogen-bond acceptors (Lipinski definition) is 3. The maximum absolute atomic E-state index is 12.0. The van der Waals surface area contributed by atoms with Crippen molar-refractivity contribution < 1.29 is 9.53 Å². The minimum atomic E-state index is -0.402. The largest absolute Gasteiger partial charge is 0.402 e. The standard InChI is InChI=1S/C21H21NO2/c1-3-4-5-16-10-12-18(13-11-16)20-22-19(21(23)24-20)14-17-8-6-15(2)7-9-17/h6-14H,3-5H2,1-2H3/b19-14-. The second-order valence-corrected chi connectivity index (χ2v) is 6.05. The number of ether oxygens (including phenoxy) is 1. The van der Waals surface area contributed by atoms with Gasteiger partial charge in [0, 0.05) is 5.56 Å². The first-order chi connectivity index (χ1) is 11.7. The number of esters is 1. The van der Waals surface area contributed by atoms with Crippen LogP contribution in [0.15, 0.2) is 59.2 Å². The predicted octanol–water partition coefficient (Wildman–Crippen LogP) is 4.68. The molecule has 0 saturated carbocycles. The third-order valence-electron chi connectivity index (χ3n) is 4.02. The molecule has 1 aliphatic rings. The number of nitrogens with zero attached hydrogens (tertiary/aromatic N) is 1. The molecule has 0 atom stereocenters. The number of carbonyl (C=O) groups is 1. The van der Waals surface area contributed by atoms with Gasteiger partial charge in [-0.3, -0.25) is 0 Å². The van der Waals surface area contributed by atoms with Gasteiger partial charge in [-0.05, 0) is 49.1 Å². The Hall–Kier alpha value is -2.68. The summed E-state index contributed by atoms with van der Waals surface area (Å²) in [6.45, 7) is 4.21. The van der Waals surface area contributed by atoms with E-state index in [1.807, 2.05) is 43.3 Å². The third-order valence-corrected chi connectivity index (χ3v) is 4.02. The van der Waals surface area contributed by atoms with E-state index in [0.717, 1.165) is 17.5 Å². The van der Waals surface area contributed by atoms with Gasteiger partial charge >= 0.3 is 5.97 Å². The van der Waals surface area contributed by atoms with Gasteiger partial charge in [0.1, 0.15) is 0 Å². The van der Waals surface area contributed by atoms with Gasteiger partial charge in [-0.25, -0.2) is 9.79 Å². The van der Waals surface area contributed by atoms with Gasteiger partial charge in [0.15, 0.2) is 5.70 Å². The van der Waals surface area contributed by atoms with Crippen molar-refractivity contribution in [2.24, 2.45) is 4.99 Å². The van der Waals surface area contributed by atoms with Gasteiger partial charge < -0.3 is 4.74 Å². The zero-order valence-electron chi connectivity index (χ0n) is 14.1. The number of carbonyl (C=O) groups excluding carboxylic acids is 1. The molecule has 0 spiro atoms. The summed E-state index contributed by atoms with van der Waals surface area (Å²) in [5, 5.41) is 0. The van der Waals surface area contributed by atoms with E-state index in [9.17, 15) is 4.79 Å². The Balaban J connectivity index is 1.79. The quantitative estimate of drug-likeness (QED) is 0.593. The molecule has 1 aliphatic heterocycles. The van der Waals surface area contributed by atoms with Crippen LogP contribution in [0.4, 0.5) is 0 Å². The summed E-state index contributed by atoms with van der Waals surface area (Å²) in [7, 11) is 0. The Morgan fingerprint density at radius 2 is 1.75 bits per heavy atom. The van der Waals surface area contributed by atoms with Gasteiger partial charge in [-0.15, -0.1) is 0 Å². The minimum Gasteiger partial charge on any atom is -0.402 e. The first-order valence-corrected chi connectivity index (χ1v) is 8.34. The van der Waals surface area contributed by atoms with Crippen molar-refractivity contribution in [3.63, 3.8) is 0 Å². The summed E-state index contributed by atoms with van der Waals surface area (Å²) >= 11 is 0. The molecule has 122 valence electrons. The highest BCUT2D eigenvalue weighted by Crippen LogP contribution is 2.20.